The largest absolute Gasteiger partial charge is 0.573 e. The lowest BCUT2D eigenvalue weighted by Crippen LogP contribution is -2.32. The van der Waals surface area contributed by atoms with E-state index in [1.807, 2.05) is 0 Å². The molecule has 0 atom stereocenters. The minimum atomic E-state index is -5.09. The van der Waals surface area contributed by atoms with Crippen molar-refractivity contribution >= 4 is 26.0 Å². The van der Waals surface area contributed by atoms with Crippen molar-refractivity contribution in [2.75, 3.05) is 0 Å². The molecule has 8 nitrogen and oxygen atoms in total. The fraction of sp³-hybridized carbons (Fsp3) is 0.211. The molecule has 0 aliphatic carbocycles. The second-order valence-electron chi connectivity index (χ2n) is 6.61. The summed E-state index contributed by atoms with van der Waals surface area (Å²) in [6.07, 6.45) is -5.09. The van der Waals surface area contributed by atoms with Gasteiger partial charge in [-0.2, -0.15) is 0 Å². The summed E-state index contributed by atoms with van der Waals surface area (Å²) in [5, 5.41) is 5.00. The van der Waals surface area contributed by atoms with E-state index in [0.29, 0.717) is 6.07 Å². The van der Waals surface area contributed by atoms with E-state index in [0.717, 1.165) is 24.3 Å². The van der Waals surface area contributed by atoms with Gasteiger partial charge in [0, 0.05) is 11.5 Å². The van der Waals surface area contributed by atoms with E-state index in [1.165, 1.54) is 12.1 Å². The molecule has 0 aliphatic heterocycles. The third-order valence-electron chi connectivity index (χ3n) is 3.64. The molecule has 32 heavy (non-hydrogen) atoms. The number of carbonyl (C=O) groups is 1. The SMILES string of the molecule is CC(C)C#Cc1ccc(C(=O)NS(=O)(=O)c2ccccc2S(N)(=O)=O)cc1OC(F)(F)F. The van der Waals surface area contributed by atoms with E-state index in [9.17, 15) is 34.8 Å². The first-order valence-electron chi connectivity index (χ1n) is 8.70. The van der Waals surface area contributed by atoms with Crippen molar-refractivity contribution in [1.82, 2.24) is 4.72 Å². The van der Waals surface area contributed by atoms with Crippen LogP contribution in [0.1, 0.15) is 29.8 Å². The molecule has 0 unspecified atom stereocenters. The van der Waals surface area contributed by atoms with Crippen LogP contribution in [0.15, 0.2) is 52.3 Å². The number of carbonyl (C=O) groups excluding carboxylic acids is 1. The number of halogens is 3. The van der Waals surface area contributed by atoms with Crippen molar-refractivity contribution in [3.05, 3.63) is 53.6 Å². The summed E-state index contributed by atoms with van der Waals surface area (Å²) in [5.41, 5.74) is -0.675. The molecule has 0 heterocycles. The maximum atomic E-state index is 12.8. The highest BCUT2D eigenvalue weighted by atomic mass is 32.2. The Bertz CT molecular complexity index is 1310. The fourth-order valence-corrected chi connectivity index (χ4v) is 4.70. The normalized spacial score (nSPS) is 12.1. The Morgan fingerprint density at radius 1 is 1.06 bits per heavy atom. The molecule has 0 aliphatic rings. The number of rotatable bonds is 5. The van der Waals surface area contributed by atoms with Gasteiger partial charge in [-0.3, -0.25) is 4.79 Å². The number of nitrogens with two attached hydrogens (primary N) is 1. The molecule has 0 fully saturated rings. The molecule has 3 N–H and O–H groups in total. The van der Waals surface area contributed by atoms with Crippen LogP contribution in [0.25, 0.3) is 0 Å². The number of amides is 1. The van der Waals surface area contributed by atoms with Gasteiger partial charge in [-0.15, -0.1) is 13.2 Å². The van der Waals surface area contributed by atoms with Crippen molar-refractivity contribution in [2.45, 2.75) is 30.0 Å². The number of primary sulfonamides is 1. The van der Waals surface area contributed by atoms with E-state index < -0.39 is 53.4 Å². The molecule has 1 amide bonds. The topological polar surface area (TPSA) is 133 Å². The highest BCUT2D eigenvalue weighted by Crippen LogP contribution is 2.28. The second-order valence-corrected chi connectivity index (χ2v) is 9.79. The van der Waals surface area contributed by atoms with Gasteiger partial charge in [0.05, 0.1) is 5.56 Å². The minimum Gasteiger partial charge on any atom is -0.404 e. The van der Waals surface area contributed by atoms with Crippen molar-refractivity contribution < 1.29 is 39.5 Å². The highest BCUT2D eigenvalue weighted by Gasteiger charge is 2.33. The summed E-state index contributed by atoms with van der Waals surface area (Å²) in [6, 6.07) is 7.03. The van der Waals surface area contributed by atoms with E-state index in [-0.39, 0.29) is 11.5 Å². The zero-order chi connectivity index (χ0) is 24.3. The van der Waals surface area contributed by atoms with Crippen LogP contribution in [-0.2, 0) is 20.0 Å². The lowest BCUT2D eigenvalue weighted by molar-refractivity contribution is -0.274. The van der Waals surface area contributed by atoms with Crippen LogP contribution in [0.4, 0.5) is 13.2 Å². The number of ether oxygens (including phenoxy) is 1. The third-order valence-corrected chi connectivity index (χ3v) is 6.12. The summed E-state index contributed by atoms with van der Waals surface area (Å²) in [7, 11) is -9.20. The Kier molecular flexibility index (Phi) is 7.23. The van der Waals surface area contributed by atoms with E-state index in [4.69, 9.17) is 5.14 Å². The molecule has 13 heteroatoms. The second kappa shape index (κ2) is 9.19. The lowest BCUT2D eigenvalue weighted by atomic mass is 10.1. The maximum Gasteiger partial charge on any atom is 0.573 e. The quantitative estimate of drug-likeness (QED) is 0.619. The van der Waals surface area contributed by atoms with Gasteiger partial charge in [0.1, 0.15) is 15.5 Å². The first kappa shape index (κ1) is 25.2. The number of benzene rings is 2. The summed E-state index contributed by atoms with van der Waals surface area (Å²) in [6.45, 7) is 3.42. The number of alkyl halides is 3. The number of hydrogen-bond acceptors (Lipinski definition) is 6. The van der Waals surface area contributed by atoms with Crippen LogP contribution >= 0.6 is 0 Å². The molecule has 0 aromatic heterocycles. The molecule has 0 bridgehead atoms. The van der Waals surface area contributed by atoms with Crippen LogP contribution in [0, 0.1) is 17.8 Å². The Labute approximate surface area is 182 Å². The van der Waals surface area contributed by atoms with Crippen LogP contribution in [0.2, 0.25) is 0 Å². The summed E-state index contributed by atoms with van der Waals surface area (Å²) < 4.78 is 92.2. The average Bonchev–Trinajstić information content (AvgIpc) is 2.64. The van der Waals surface area contributed by atoms with Gasteiger partial charge >= 0.3 is 6.36 Å². The van der Waals surface area contributed by atoms with E-state index in [1.54, 1.807) is 18.6 Å². The van der Waals surface area contributed by atoms with Gasteiger partial charge in [-0.1, -0.05) is 37.8 Å². The molecular formula is C19H17F3N2O6S2. The maximum absolute atomic E-state index is 12.8. The zero-order valence-electron chi connectivity index (χ0n) is 16.6. The zero-order valence-corrected chi connectivity index (χ0v) is 18.2. The first-order chi connectivity index (χ1) is 14.6. The predicted molar refractivity (Wildman–Crippen MR) is 107 cm³/mol. The van der Waals surface area contributed by atoms with Crippen molar-refractivity contribution in [2.24, 2.45) is 11.1 Å². The van der Waals surface area contributed by atoms with Gasteiger partial charge in [0.2, 0.25) is 10.0 Å². The van der Waals surface area contributed by atoms with Gasteiger partial charge in [0.15, 0.2) is 0 Å². The monoisotopic (exact) mass is 490 g/mol. The van der Waals surface area contributed by atoms with Crippen molar-refractivity contribution in [3.8, 4) is 17.6 Å². The summed E-state index contributed by atoms with van der Waals surface area (Å²) in [4.78, 5) is 10.9. The molecule has 0 saturated heterocycles. The molecule has 0 saturated carbocycles. The molecule has 0 spiro atoms. The smallest absolute Gasteiger partial charge is 0.404 e. The molecule has 172 valence electrons. The summed E-state index contributed by atoms with van der Waals surface area (Å²) >= 11 is 0. The van der Waals surface area contributed by atoms with E-state index >= 15 is 0 Å². The van der Waals surface area contributed by atoms with Gasteiger partial charge in [0.25, 0.3) is 15.9 Å². The first-order valence-corrected chi connectivity index (χ1v) is 11.7. The number of hydrogen-bond donors (Lipinski definition) is 2. The molecule has 2 aromatic carbocycles. The van der Waals surface area contributed by atoms with E-state index in [2.05, 4.69) is 16.6 Å². The average molecular weight is 490 g/mol. The Balaban J connectivity index is 2.46. The van der Waals surface area contributed by atoms with Crippen LogP contribution in [-0.4, -0.2) is 29.1 Å². The highest BCUT2D eigenvalue weighted by molar-refractivity contribution is 7.92. The predicted octanol–water partition coefficient (Wildman–Crippen LogP) is 2.36. The third kappa shape index (κ3) is 6.71. The standard InChI is InChI=1S/C19H17F3N2O6S2/c1-12(2)7-8-13-9-10-14(11-15(13)30-19(20,21)22)18(25)24-32(28,29)17-6-4-3-5-16(17)31(23,26)27/h3-6,9-12H,1-2H3,(H,24,25)(H2,23,26,27). The van der Waals surface area contributed by atoms with Crippen molar-refractivity contribution in [3.63, 3.8) is 0 Å². The minimum absolute atomic E-state index is 0.166. The van der Waals surface area contributed by atoms with Gasteiger partial charge < -0.3 is 4.74 Å². The molecular weight excluding hydrogens is 473 g/mol. The van der Waals surface area contributed by atoms with Gasteiger partial charge in [-0.25, -0.2) is 26.7 Å². The molecule has 2 aromatic rings. The van der Waals surface area contributed by atoms with Gasteiger partial charge in [-0.05, 0) is 30.3 Å². The fourth-order valence-electron chi connectivity index (χ4n) is 2.34. The Morgan fingerprint density at radius 3 is 2.19 bits per heavy atom. The Morgan fingerprint density at radius 2 is 1.66 bits per heavy atom. The van der Waals surface area contributed by atoms with Crippen LogP contribution in [0.5, 0.6) is 5.75 Å². The van der Waals surface area contributed by atoms with Crippen molar-refractivity contribution in [1.29, 1.82) is 0 Å². The summed E-state index contributed by atoms with van der Waals surface area (Å²) in [5.74, 6) is 2.85. The van der Waals surface area contributed by atoms with Crippen LogP contribution < -0.4 is 14.6 Å². The number of nitrogens with one attached hydrogen (secondary N) is 1. The lowest BCUT2D eigenvalue weighted by Gasteiger charge is -2.13. The Hall–Kier alpha value is -3.08. The molecule has 0 radical (unpaired) electrons. The number of sulfonamides is 2. The van der Waals surface area contributed by atoms with Crippen LogP contribution in [0.3, 0.4) is 0 Å². The molecule has 2 rings (SSSR count).